The molecule has 116 valence electrons. The molecule has 0 aliphatic carbocycles. The molecule has 0 bridgehead atoms. The molecule has 1 heterocycles. The molecule has 0 aliphatic rings. The number of rotatable bonds is 5. The lowest BCUT2D eigenvalue weighted by Crippen LogP contribution is -2.28. The van der Waals surface area contributed by atoms with E-state index in [4.69, 9.17) is 23.2 Å². The molecule has 7 heteroatoms. The normalized spacial score (nSPS) is 10.5. The van der Waals surface area contributed by atoms with E-state index in [1.165, 1.54) is 35.0 Å². The van der Waals surface area contributed by atoms with Gasteiger partial charge in [-0.2, -0.15) is 0 Å². The van der Waals surface area contributed by atoms with E-state index in [0.717, 1.165) is 0 Å². The maximum Gasteiger partial charge on any atom is 0.233 e. The van der Waals surface area contributed by atoms with Crippen LogP contribution in [-0.4, -0.2) is 28.6 Å². The summed E-state index contributed by atoms with van der Waals surface area (Å²) in [5, 5.41) is 1.56. The van der Waals surface area contributed by atoms with Crippen molar-refractivity contribution in [3.63, 3.8) is 0 Å². The van der Waals surface area contributed by atoms with Gasteiger partial charge < -0.3 is 4.90 Å². The van der Waals surface area contributed by atoms with Crippen LogP contribution in [0.15, 0.2) is 41.6 Å². The molecule has 0 radical (unpaired) electrons. The van der Waals surface area contributed by atoms with Crippen molar-refractivity contribution in [1.82, 2.24) is 9.88 Å². The van der Waals surface area contributed by atoms with Gasteiger partial charge >= 0.3 is 0 Å². The van der Waals surface area contributed by atoms with E-state index in [1.54, 1.807) is 25.2 Å². The Morgan fingerprint density at radius 3 is 2.73 bits per heavy atom. The van der Waals surface area contributed by atoms with Crippen molar-refractivity contribution in [2.75, 3.05) is 12.8 Å². The molecular weight excluding hydrogens is 346 g/mol. The van der Waals surface area contributed by atoms with Crippen LogP contribution in [0.3, 0.4) is 0 Å². The summed E-state index contributed by atoms with van der Waals surface area (Å²) in [7, 11) is 1.61. The Bertz CT molecular complexity index is 647. The van der Waals surface area contributed by atoms with Gasteiger partial charge in [-0.15, -0.1) is 0 Å². The van der Waals surface area contributed by atoms with E-state index in [1.807, 2.05) is 0 Å². The minimum Gasteiger partial charge on any atom is -0.341 e. The van der Waals surface area contributed by atoms with Crippen molar-refractivity contribution in [3.8, 4) is 0 Å². The van der Waals surface area contributed by atoms with E-state index < -0.39 is 5.82 Å². The first kappa shape index (κ1) is 17.1. The number of hydrogen-bond acceptors (Lipinski definition) is 3. The Labute approximate surface area is 142 Å². The van der Waals surface area contributed by atoms with E-state index in [9.17, 15) is 9.18 Å². The van der Waals surface area contributed by atoms with Gasteiger partial charge in [-0.05, 0) is 24.3 Å². The second kappa shape index (κ2) is 7.81. The summed E-state index contributed by atoms with van der Waals surface area (Å²) in [4.78, 5) is 17.6. The van der Waals surface area contributed by atoms with Crippen molar-refractivity contribution < 1.29 is 9.18 Å². The first-order valence-electron chi connectivity index (χ1n) is 6.38. The third-order valence-electron chi connectivity index (χ3n) is 2.93. The largest absolute Gasteiger partial charge is 0.341 e. The predicted octanol–water partition coefficient (Wildman–Crippen LogP) is 4.28. The van der Waals surface area contributed by atoms with Gasteiger partial charge in [-0.25, -0.2) is 9.37 Å². The monoisotopic (exact) mass is 358 g/mol. The van der Waals surface area contributed by atoms with E-state index >= 15 is 0 Å². The molecule has 2 rings (SSSR count). The molecule has 1 aromatic heterocycles. The van der Waals surface area contributed by atoms with Crippen molar-refractivity contribution in [2.24, 2.45) is 0 Å². The zero-order valence-electron chi connectivity index (χ0n) is 11.7. The lowest BCUT2D eigenvalue weighted by molar-refractivity contribution is -0.127. The van der Waals surface area contributed by atoms with Crippen molar-refractivity contribution >= 4 is 40.9 Å². The van der Waals surface area contributed by atoms with Crippen molar-refractivity contribution in [2.45, 2.75) is 11.6 Å². The molecule has 1 aromatic carbocycles. The molecule has 0 spiro atoms. The molecule has 3 nitrogen and oxygen atoms in total. The molecule has 0 atom stereocenters. The van der Waals surface area contributed by atoms with Crippen molar-refractivity contribution in [3.05, 3.63) is 58.0 Å². The van der Waals surface area contributed by atoms with Crippen LogP contribution < -0.4 is 0 Å². The quantitative estimate of drug-likeness (QED) is 0.748. The average molecular weight is 359 g/mol. The van der Waals surface area contributed by atoms with Crippen molar-refractivity contribution in [1.29, 1.82) is 0 Å². The smallest absolute Gasteiger partial charge is 0.233 e. The van der Waals surface area contributed by atoms with Gasteiger partial charge in [0.2, 0.25) is 5.91 Å². The maximum absolute atomic E-state index is 13.7. The predicted molar refractivity (Wildman–Crippen MR) is 87.9 cm³/mol. The van der Waals surface area contributed by atoms with Crippen LogP contribution in [0.25, 0.3) is 0 Å². The number of thioether (sulfide) groups is 1. The molecular formula is C15H13Cl2FN2OS. The number of pyridine rings is 1. The third kappa shape index (κ3) is 4.60. The molecule has 0 fully saturated rings. The number of carbonyl (C=O) groups is 1. The van der Waals surface area contributed by atoms with Crippen LogP contribution >= 0.6 is 35.0 Å². The van der Waals surface area contributed by atoms with Gasteiger partial charge in [0.25, 0.3) is 0 Å². The van der Waals surface area contributed by atoms with Crippen LogP contribution in [-0.2, 0) is 11.3 Å². The van der Waals surface area contributed by atoms with E-state index in [0.29, 0.717) is 20.6 Å². The fraction of sp³-hybridized carbons (Fsp3) is 0.200. The van der Waals surface area contributed by atoms with Crippen LogP contribution in [0, 0.1) is 5.82 Å². The first-order chi connectivity index (χ1) is 10.5. The molecule has 0 saturated carbocycles. The number of benzene rings is 1. The van der Waals surface area contributed by atoms with Gasteiger partial charge in [0, 0.05) is 30.4 Å². The number of hydrogen-bond donors (Lipinski definition) is 0. The number of carbonyl (C=O) groups excluding carboxylic acids is 1. The molecule has 0 saturated heterocycles. The average Bonchev–Trinajstić information content (AvgIpc) is 2.50. The highest BCUT2D eigenvalue weighted by molar-refractivity contribution is 7.99. The van der Waals surface area contributed by atoms with E-state index in [-0.39, 0.29) is 18.2 Å². The SMILES string of the molecule is CN(Cc1c(F)cccc1Cl)C(=O)CSc1ccc(Cl)cn1. The highest BCUT2D eigenvalue weighted by atomic mass is 35.5. The topological polar surface area (TPSA) is 33.2 Å². The second-order valence-electron chi connectivity index (χ2n) is 4.55. The molecule has 0 N–H and O–H groups in total. The standard InChI is InChI=1S/C15H13Cl2FN2OS/c1-20(8-11-12(17)3-2-4-13(11)18)15(21)9-22-14-6-5-10(16)7-19-14/h2-7H,8-9H2,1H3. The third-order valence-corrected chi connectivity index (χ3v) is 4.43. The van der Waals surface area contributed by atoms with Crippen LogP contribution in [0.1, 0.15) is 5.56 Å². The van der Waals surface area contributed by atoms with E-state index in [2.05, 4.69) is 4.98 Å². The van der Waals surface area contributed by atoms with Crippen LogP contribution in [0.2, 0.25) is 10.0 Å². The van der Waals surface area contributed by atoms with Gasteiger partial charge in [0.05, 0.1) is 15.8 Å². The zero-order chi connectivity index (χ0) is 16.1. The Kier molecular flexibility index (Phi) is 6.06. The summed E-state index contributed by atoms with van der Waals surface area (Å²) in [6.45, 7) is 0.124. The number of aromatic nitrogens is 1. The molecule has 0 aliphatic heterocycles. The number of amides is 1. The first-order valence-corrected chi connectivity index (χ1v) is 8.12. The summed E-state index contributed by atoms with van der Waals surface area (Å²) < 4.78 is 13.7. The fourth-order valence-corrected chi connectivity index (χ4v) is 2.82. The minimum atomic E-state index is -0.417. The van der Waals surface area contributed by atoms with Crippen LogP contribution in [0.4, 0.5) is 4.39 Å². The summed E-state index contributed by atoms with van der Waals surface area (Å²) in [6.07, 6.45) is 1.52. The fourth-order valence-electron chi connectivity index (χ4n) is 1.70. The van der Waals surface area contributed by atoms with Gasteiger partial charge in [0.1, 0.15) is 5.82 Å². The molecule has 2 aromatic rings. The maximum atomic E-state index is 13.7. The Balaban J connectivity index is 1.93. The lowest BCUT2D eigenvalue weighted by atomic mass is 10.2. The van der Waals surface area contributed by atoms with Crippen LogP contribution in [0.5, 0.6) is 0 Å². The van der Waals surface area contributed by atoms with Gasteiger partial charge in [0.15, 0.2) is 0 Å². The van der Waals surface area contributed by atoms with Gasteiger partial charge in [-0.1, -0.05) is 41.0 Å². The molecule has 1 amide bonds. The van der Waals surface area contributed by atoms with Gasteiger partial charge in [-0.3, -0.25) is 4.79 Å². The molecule has 0 unspecified atom stereocenters. The summed E-state index contributed by atoms with van der Waals surface area (Å²) in [5.74, 6) is -0.350. The Morgan fingerprint density at radius 1 is 1.32 bits per heavy atom. The molecule has 22 heavy (non-hydrogen) atoms. The zero-order valence-corrected chi connectivity index (χ0v) is 14.1. The highest BCUT2D eigenvalue weighted by Crippen LogP contribution is 2.21. The lowest BCUT2D eigenvalue weighted by Gasteiger charge is -2.18. The Hall–Kier alpha value is -1.30. The summed E-state index contributed by atoms with van der Waals surface area (Å²) in [5.41, 5.74) is 0.314. The second-order valence-corrected chi connectivity index (χ2v) is 6.39. The summed E-state index contributed by atoms with van der Waals surface area (Å²) >= 11 is 13.0. The highest BCUT2D eigenvalue weighted by Gasteiger charge is 2.14. The Morgan fingerprint density at radius 2 is 2.09 bits per heavy atom. The number of nitrogens with zero attached hydrogens (tertiary/aromatic N) is 2. The number of halogens is 3. The minimum absolute atomic E-state index is 0.124. The summed E-state index contributed by atoms with van der Waals surface area (Å²) in [6, 6.07) is 7.92.